The largest absolute Gasteiger partial charge is 0.395 e. The zero-order chi connectivity index (χ0) is 8.98. The molecule has 70 valence electrons. The van der Waals surface area contributed by atoms with Gasteiger partial charge in [-0.05, 0) is 26.2 Å². The summed E-state index contributed by atoms with van der Waals surface area (Å²) in [4.78, 5) is 0. The number of fused-ring (bicyclic) bond motifs is 2. The molecule has 0 N–H and O–H groups in total. The van der Waals surface area contributed by atoms with Crippen LogP contribution in [0, 0.1) is 5.41 Å². The second-order valence-electron chi connectivity index (χ2n) is 3.94. The monoisotopic (exact) mass is 196 g/mol. The van der Waals surface area contributed by atoms with Crippen molar-refractivity contribution in [3.05, 3.63) is 0 Å². The van der Waals surface area contributed by atoms with Crippen molar-refractivity contribution in [2.24, 2.45) is 5.41 Å². The summed E-state index contributed by atoms with van der Waals surface area (Å²) in [7, 11) is 0. The molecule has 2 heterocycles. The highest BCUT2D eigenvalue weighted by molar-refractivity contribution is 8.01. The van der Waals surface area contributed by atoms with Crippen molar-refractivity contribution >= 4 is 11.8 Å². The molecule has 12 heavy (non-hydrogen) atoms. The molecule has 0 aromatic carbocycles. The predicted octanol–water partition coefficient (Wildman–Crippen LogP) is 3.22. The van der Waals surface area contributed by atoms with E-state index in [1.54, 1.807) is 11.8 Å². The van der Waals surface area contributed by atoms with Gasteiger partial charge in [0.1, 0.15) is 0 Å². The quantitative estimate of drug-likeness (QED) is 0.573. The Labute approximate surface area is 73.9 Å². The van der Waals surface area contributed by atoms with Crippen molar-refractivity contribution < 1.29 is 13.2 Å². The minimum absolute atomic E-state index is 0.164. The van der Waals surface area contributed by atoms with Crippen molar-refractivity contribution in [3.8, 4) is 0 Å². The molecule has 2 aliphatic rings. The molecule has 4 heteroatoms. The lowest BCUT2D eigenvalue weighted by Crippen LogP contribution is -2.42. The summed E-state index contributed by atoms with van der Waals surface area (Å²) in [5.41, 5.74) is -1.39. The summed E-state index contributed by atoms with van der Waals surface area (Å²) >= 11 is 1.55. The van der Waals surface area contributed by atoms with E-state index in [-0.39, 0.29) is 10.5 Å². The Kier molecular flexibility index (Phi) is 1.70. The van der Waals surface area contributed by atoms with Gasteiger partial charge in [-0.3, -0.25) is 0 Å². The van der Waals surface area contributed by atoms with Crippen LogP contribution in [0.25, 0.3) is 0 Å². The summed E-state index contributed by atoms with van der Waals surface area (Å²) in [5, 5.41) is 0.115. The van der Waals surface area contributed by atoms with Crippen LogP contribution in [-0.4, -0.2) is 16.7 Å². The first-order valence-electron chi connectivity index (χ1n) is 4.16. The van der Waals surface area contributed by atoms with Gasteiger partial charge in [0.2, 0.25) is 0 Å². The Morgan fingerprint density at radius 2 is 2.00 bits per heavy atom. The van der Waals surface area contributed by atoms with E-state index in [1.807, 2.05) is 0 Å². The maximum absolute atomic E-state index is 12.6. The molecule has 0 saturated carbocycles. The van der Waals surface area contributed by atoms with E-state index >= 15 is 0 Å². The topological polar surface area (TPSA) is 0 Å². The lowest BCUT2D eigenvalue weighted by molar-refractivity contribution is -0.220. The summed E-state index contributed by atoms with van der Waals surface area (Å²) in [5.74, 6) is 0. The van der Waals surface area contributed by atoms with Crippen molar-refractivity contribution in [3.63, 3.8) is 0 Å². The van der Waals surface area contributed by atoms with Crippen LogP contribution in [0.3, 0.4) is 0 Å². The van der Waals surface area contributed by atoms with Gasteiger partial charge in [-0.2, -0.15) is 24.9 Å². The van der Waals surface area contributed by atoms with Gasteiger partial charge >= 0.3 is 6.18 Å². The van der Waals surface area contributed by atoms with Crippen LogP contribution in [0.2, 0.25) is 0 Å². The molecular weight excluding hydrogens is 185 g/mol. The lowest BCUT2D eigenvalue weighted by atomic mass is 9.75. The van der Waals surface area contributed by atoms with Gasteiger partial charge in [0.05, 0.1) is 5.41 Å². The van der Waals surface area contributed by atoms with E-state index < -0.39 is 11.6 Å². The maximum atomic E-state index is 12.6. The number of alkyl halides is 3. The van der Waals surface area contributed by atoms with Gasteiger partial charge in [-0.15, -0.1) is 0 Å². The first-order chi connectivity index (χ1) is 5.43. The van der Waals surface area contributed by atoms with Crippen LogP contribution in [0.5, 0.6) is 0 Å². The fourth-order valence-electron chi connectivity index (χ4n) is 2.23. The van der Waals surface area contributed by atoms with Gasteiger partial charge in [0.25, 0.3) is 0 Å². The van der Waals surface area contributed by atoms with Gasteiger partial charge in [0.15, 0.2) is 0 Å². The molecule has 0 spiro atoms. The number of rotatable bonds is 0. The third-order valence-electron chi connectivity index (χ3n) is 3.12. The Bertz CT molecular complexity index is 201. The molecule has 2 rings (SSSR count). The fourth-order valence-corrected chi connectivity index (χ4v) is 4.21. The molecule has 0 radical (unpaired) electrons. The van der Waals surface area contributed by atoms with E-state index in [9.17, 15) is 13.2 Å². The normalized spacial score (nSPS) is 47.0. The highest BCUT2D eigenvalue weighted by Gasteiger charge is 2.62. The number of halogens is 3. The van der Waals surface area contributed by atoms with E-state index in [0.717, 1.165) is 12.8 Å². The van der Waals surface area contributed by atoms with Crippen molar-refractivity contribution in [2.75, 3.05) is 0 Å². The van der Waals surface area contributed by atoms with E-state index in [1.165, 1.54) is 6.92 Å². The summed E-state index contributed by atoms with van der Waals surface area (Å²) < 4.78 is 37.8. The Hall–Kier alpha value is 0.140. The molecule has 3 atom stereocenters. The van der Waals surface area contributed by atoms with Gasteiger partial charge in [-0.25, -0.2) is 0 Å². The molecule has 2 bridgehead atoms. The molecule has 0 aromatic rings. The third kappa shape index (κ3) is 0.998. The molecule has 0 aliphatic carbocycles. The van der Waals surface area contributed by atoms with Crippen molar-refractivity contribution in [1.82, 2.24) is 0 Å². The smallest absolute Gasteiger partial charge is 0.170 e. The third-order valence-corrected chi connectivity index (χ3v) is 4.99. The van der Waals surface area contributed by atoms with Gasteiger partial charge < -0.3 is 0 Å². The SMILES string of the molecule is CC1(C(F)(F)F)CC2CCC1S2. The van der Waals surface area contributed by atoms with E-state index in [0.29, 0.717) is 6.42 Å². The molecular formula is C8H11F3S. The second kappa shape index (κ2) is 2.34. The maximum Gasteiger partial charge on any atom is 0.395 e. The standard InChI is InChI=1S/C8H11F3S/c1-7(8(9,10)11)4-5-2-3-6(7)12-5/h5-6H,2-4H2,1H3. The Balaban J connectivity index is 2.23. The average Bonchev–Trinajstić information content (AvgIpc) is 2.43. The number of hydrogen-bond acceptors (Lipinski definition) is 1. The van der Waals surface area contributed by atoms with Gasteiger partial charge in [-0.1, -0.05) is 0 Å². The van der Waals surface area contributed by atoms with Crippen molar-refractivity contribution in [1.29, 1.82) is 0 Å². The van der Waals surface area contributed by atoms with Crippen LogP contribution in [0.4, 0.5) is 13.2 Å². The van der Waals surface area contributed by atoms with Crippen LogP contribution in [0.1, 0.15) is 26.2 Å². The second-order valence-corrected chi connectivity index (χ2v) is 5.45. The summed E-state index contributed by atoms with van der Waals surface area (Å²) in [6.45, 7) is 1.38. The van der Waals surface area contributed by atoms with Crippen LogP contribution in [0.15, 0.2) is 0 Å². The minimum atomic E-state index is -4.00. The first-order valence-corrected chi connectivity index (χ1v) is 5.10. The van der Waals surface area contributed by atoms with E-state index in [2.05, 4.69) is 0 Å². The van der Waals surface area contributed by atoms with Crippen LogP contribution < -0.4 is 0 Å². The van der Waals surface area contributed by atoms with Crippen LogP contribution in [-0.2, 0) is 0 Å². The van der Waals surface area contributed by atoms with Crippen molar-refractivity contribution in [2.45, 2.75) is 42.9 Å². The summed E-state index contributed by atoms with van der Waals surface area (Å²) in [6, 6.07) is 0. The average molecular weight is 196 g/mol. The molecule has 2 aliphatic heterocycles. The molecule has 2 fully saturated rings. The minimum Gasteiger partial charge on any atom is -0.170 e. The molecule has 0 nitrogen and oxygen atoms in total. The lowest BCUT2D eigenvalue weighted by Gasteiger charge is -2.34. The molecule has 3 unspecified atom stereocenters. The highest BCUT2D eigenvalue weighted by atomic mass is 32.2. The number of hydrogen-bond donors (Lipinski definition) is 0. The zero-order valence-electron chi connectivity index (χ0n) is 6.82. The zero-order valence-corrected chi connectivity index (χ0v) is 7.63. The molecule has 0 aromatic heterocycles. The Morgan fingerprint density at radius 1 is 1.33 bits per heavy atom. The first kappa shape index (κ1) is 8.73. The highest BCUT2D eigenvalue weighted by Crippen LogP contribution is 2.62. The van der Waals surface area contributed by atoms with Crippen LogP contribution >= 0.6 is 11.8 Å². The Morgan fingerprint density at radius 3 is 2.25 bits per heavy atom. The summed E-state index contributed by atoms with van der Waals surface area (Å²) in [6.07, 6.45) is -1.92. The molecule has 2 saturated heterocycles. The van der Waals surface area contributed by atoms with Gasteiger partial charge in [0, 0.05) is 10.5 Å². The predicted molar refractivity (Wildman–Crippen MR) is 43.2 cm³/mol. The van der Waals surface area contributed by atoms with E-state index in [4.69, 9.17) is 0 Å². The molecule has 0 amide bonds. The fraction of sp³-hybridized carbons (Fsp3) is 1.00. The number of thioether (sulfide) groups is 1.